The molecule has 0 atom stereocenters. The van der Waals surface area contributed by atoms with Gasteiger partial charge < -0.3 is 10.2 Å². The molecule has 27 heavy (non-hydrogen) atoms. The van der Waals surface area contributed by atoms with Gasteiger partial charge in [-0.25, -0.2) is 0 Å². The maximum absolute atomic E-state index is 12.5. The van der Waals surface area contributed by atoms with Gasteiger partial charge in [-0.05, 0) is 48.2 Å². The summed E-state index contributed by atoms with van der Waals surface area (Å²) in [6, 6.07) is 18.2. The van der Waals surface area contributed by atoms with Gasteiger partial charge in [0.25, 0.3) is 5.91 Å². The highest BCUT2D eigenvalue weighted by Crippen LogP contribution is 2.25. The van der Waals surface area contributed by atoms with Crippen molar-refractivity contribution in [1.82, 2.24) is 15.1 Å². The topological polar surface area (TPSA) is 50.2 Å². The molecular weight excluding hydrogens is 336 g/mol. The number of para-hydroxylation sites is 1. The first-order chi connectivity index (χ1) is 13.3. The largest absolute Gasteiger partial charge is 0.370 e. The van der Waals surface area contributed by atoms with Crippen molar-refractivity contribution in [2.24, 2.45) is 0 Å². The molecule has 0 unspecified atom stereocenters. The van der Waals surface area contributed by atoms with Crippen LogP contribution in [0.4, 0.5) is 5.69 Å². The average Bonchev–Trinajstić information content (AvgIpc) is 3.21. The van der Waals surface area contributed by atoms with Crippen molar-refractivity contribution in [3.05, 3.63) is 83.7 Å². The van der Waals surface area contributed by atoms with E-state index in [0.717, 1.165) is 25.1 Å². The fraction of sp³-hybridized carbons (Fsp3) is 0.273. The first-order valence-electron chi connectivity index (χ1n) is 9.47. The quantitative estimate of drug-likeness (QED) is 0.735. The van der Waals surface area contributed by atoms with Crippen molar-refractivity contribution in [2.75, 3.05) is 24.5 Å². The van der Waals surface area contributed by atoms with Gasteiger partial charge in [-0.15, -0.1) is 0 Å². The minimum atomic E-state index is -0.0254. The van der Waals surface area contributed by atoms with Gasteiger partial charge in [0.2, 0.25) is 0 Å². The number of anilines is 1. The third kappa shape index (κ3) is 4.19. The van der Waals surface area contributed by atoms with Crippen LogP contribution in [0, 0.1) is 0 Å². The highest BCUT2D eigenvalue weighted by molar-refractivity contribution is 5.94. The number of carbonyl (C=O) groups is 1. The lowest BCUT2D eigenvalue weighted by molar-refractivity contribution is 0.0954. The van der Waals surface area contributed by atoms with Crippen LogP contribution in [0.3, 0.4) is 0 Å². The molecule has 1 aliphatic rings. The SMILES string of the molecule is O=C(NCCN1CCCc2ccccc21)c1cccc(Cn2cccn2)c1. The summed E-state index contributed by atoms with van der Waals surface area (Å²) in [4.78, 5) is 14.9. The van der Waals surface area contributed by atoms with Crippen LogP contribution in [0.2, 0.25) is 0 Å². The molecule has 5 heteroatoms. The normalized spacial score (nSPS) is 13.3. The molecule has 0 saturated carbocycles. The molecule has 0 aliphatic carbocycles. The lowest BCUT2D eigenvalue weighted by Crippen LogP contribution is -2.37. The smallest absolute Gasteiger partial charge is 0.251 e. The molecule has 3 aromatic rings. The summed E-state index contributed by atoms with van der Waals surface area (Å²) in [5.74, 6) is -0.0254. The minimum absolute atomic E-state index is 0.0254. The Labute approximate surface area is 159 Å². The van der Waals surface area contributed by atoms with Crippen LogP contribution in [0.5, 0.6) is 0 Å². The van der Waals surface area contributed by atoms with E-state index in [9.17, 15) is 4.79 Å². The van der Waals surface area contributed by atoms with Crippen molar-refractivity contribution in [3.8, 4) is 0 Å². The number of benzene rings is 2. The molecule has 4 rings (SSSR count). The summed E-state index contributed by atoms with van der Waals surface area (Å²) in [6.45, 7) is 3.18. The fourth-order valence-corrected chi connectivity index (χ4v) is 3.64. The van der Waals surface area contributed by atoms with Crippen LogP contribution in [-0.2, 0) is 13.0 Å². The molecule has 1 amide bonds. The summed E-state index contributed by atoms with van der Waals surface area (Å²) < 4.78 is 1.85. The highest BCUT2D eigenvalue weighted by Gasteiger charge is 2.16. The second-order valence-electron chi connectivity index (χ2n) is 6.88. The Bertz CT molecular complexity index is 904. The number of nitrogens with one attached hydrogen (secondary N) is 1. The van der Waals surface area contributed by atoms with Gasteiger partial charge in [-0.3, -0.25) is 9.48 Å². The number of fused-ring (bicyclic) bond motifs is 1. The summed E-state index contributed by atoms with van der Waals surface area (Å²) in [5, 5.41) is 7.28. The molecule has 2 heterocycles. The van der Waals surface area contributed by atoms with Gasteiger partial charge in [0, 0.05) is 43.3 Å². The first-order valence-corrected chi connectivity index (χ1v) is 9.47. The Kier molecular flexibility index (Phi) is 5.19. The Balaban J connectivity index is 1.34. The Morgan fingerprint density at radius 3 is 2.93 bits per heavy atom. The van der Waals surface area contributed by atoms with Crippen LogP contribution in [-0.4, -0.2) is 35.3 Å². The van der Waals surface area contributed by atoms with Gasteiger partial charge in [0.15, 0.2) is 0 Å². The predicted molar refractivity (Wildman–Crippen MR) is 107 cm³/mol. The minimum Gasteiger partial charge on any atom is -0.370 e. The molecule has 0 fully saturated rings. The molecular formula is C22H24N4O. The lowest BCUT2D eigenvalue weighted by atomic mass is 10.0. The maximum atomic E-state index is 12.5. The molecule has 0 radical (unpaired) electrons. The average molecular weight is 360 g/mol. The zero-order valence-corrected chi connectivity index (χ0v) is 15.3. The van der Waals surface area contributed by atoms with E-state index in [2.05, 4.69) is 39.6 Å². The fourth-order valence-electron chi connectivity index (χ4n) is 3.64. The zero-order valence-electron chi connectivity index (χ0n) is 15.3. The summed E-state index contributed by atoms with van der Waals surface area (Å²) in [6.07, 6.45) is 5.99. The van der Waals surface area contributed by atoms with Gasteiger partial charge in [0.1, 0.15) is 0 Å². The molecule has 2 aromatic carbocycles. The molecule has 1 N–H and O–H groups in total. The van der Waals surface area contributed by atoms with Crippen molar-refractivity contribution in [3.63, 3.8) is 0 Å². The maximum Gasteiger partial charge on any atom is 0.251 e. The Morgan fingerprint density at radius 2 is 2.04 bits per heavy atom. The number of rotatable bonds is 6. The van der Waals surface area contributed by atoms with E-state index in [1.54, 1.807) is 6.20 Å². The number of carbonyl (C=O) groups excluding carboxylic acids is 1. The molecule has 5 nitrogen and oxygen atoms in total. The molecule has 0 bridgehead atoms. The molecule has 0 spiro atoms. The predicted octanol–water partition coefficient (Wildman–Crippen LogP) is 3.11. The van der Waals surface area contributed by atoms with Gasteiger partial charge in [-0.2, -0.15) is 5.10 Å². The number of aromatic nitrogens is 2. The van der Waals surface area contributed by atoms with E-state index in [0.29, 0.717) is 18.7 Å². The molecule has 1 aliphatic heterocycles. The summed E-state index contributed by atoms with van der Waals surface area (Å²) in [5.41, 5.74) is 4.47. The molecule has 138 valence electrons. The second-order valence-corrected chi connectivity index (χ2v) is 6.88. The number of aryl methyl sites for hydroxylation is 1. The number of hydrogen-bond acceptors (Lipinski definition) is 3. The van der Waals surface area contributed by atoms with Crippen molar-refractivity contribution in [1.29, 1.82) is 0 Å². The number of hydrogen-bond donors (Lipinski definition) is 1. The van der Waals surface area contributed by atoms with Crippen LogP contribution in [0.1, 0.15) is 27.9 Å². The Morgan fingerprint density at radius 1 is 1.11 bits per heavy atom. The van der Waals surface area contributed by atoms with E-state index in [1.807, 2.05) is 41.2 Å². The monoisotopic (exact) mass is 360 g/mol. The van der Waals surface area contributed by atoms with E-state index in [1.165, 1.54) is 17.7 Å². The number of nitrogens with zero attached hydrogens (tertiary/aromatic N) is 3. The third-order valence-corrected chi connectivity index (χ3v) is 4.97. The Hall–Kier alpha value is -3.08. The lowest BCUT2D eigenvalue weighted by Gasteiger charge is -2.31. The van der Waals surface area contributed by atoms with Crippen LogP contribution in [0.15, 0.2) is 67.0 Å². The summed E-state index contributed by atoms with van der Waals surface area (Å²) >= 11 is 0. The van der Waals surface area contributed by atoms with E-state index >= 15 is 0 Å². The van der Waals surface area contributed by atoms with Crippen LogP contribution >= 0.6 is 0 Å². The van der Waals surface area contributed by atoms with Gasteiger partial charge in [0.05, 0.1) is 6.54 Å². The molecule has 1 aromatic heterocycles. The summed E-state index contributed by atoms with van der Waals surface area (Å²) in [7, 11) is 0. The third-order valence-electron chi connectivity index (χ3n) is 4.97. The standard InChI is InChI=1S/C22H24N4O/c27-22(20-8-3-6-18(16-20)17-26-14-5-11-24-26)23-12-15-25-13-4-9-19-7-1-2-10-21(19)25/h1-3,5-8,10-11,14,16H,4,9,12-13,15,17H2,(H,23,27). The van der Waals surface area contributed by atoms with Gasteiger partial charge in [-0.1, -0.05) is 30.3 Å². The number of amides is 1. The van der Waals surface area contributed by atoms with Gasteiger partial charge >= 0.3 is 0 Å². The van der Waals surface area contributed by atoms with E-state index in [4.69, 9.17) is 0 Å². The van der Waals surface area contributed by atoms with Crippen molar-refractivity contribution >= 4 is 11.6 Å². The first kappa shape index (κ1) is 17.3. The van der Waals surface area contributed by atoms with E-state index in [-0.39, 0.29) is 5.91 Å². The second kappa shape index (κ2) is 8.08. The van der Waals surface area contributed by atoms with Crippen LogP contribution in [0.25, 0.3) is 0 Å². The highest BCUT2D eigenvalue weighted by atomic mass is 16.1. The van der Waals surface area contributed by atoms with Crippen molar-refractivity contribution in [2.45, 2.75) is 19.4 Å². The van der Waals surface area contributed by atoms with E-state index < -0.39 is 0 Å². The molecule has 0 saturated heterocycles. The zero-order chi connectivity index (χ0) is 18.5. The van der Waals surface area contributed by atoms with Crippen LogP contribution < -0.4 is 10.2 Å². The van der Waals surface area contributed by atoms with Crippen molar-refractivity contribution < 1.29 is 4.79 Å².